The van der Waals surface area contributed by atoms with E-state index < -0.39 is 23.7 Å². The standard InChI is InChI=1S/C13H23NO4/c1-8(2)9-6-7-14(10(9)11(15)16)12(17)18-13(3,4)5/h8-10H,6-7H2,1-5H3,(H,15,16)/t9?,10-/m0/s1. The van der Waals surface area contributed by atoms with Gasteiger partial charge in [0.25, 0.3) is 0 Å². The van der Waals surface area contributed by atoms with Crippen LogP contribution in [0.25, 0.3) is 0 Å². The van der Waals surface area contributed by atoms with Gasteiger partial charge in [0.2, 0.25) is 0 Å². The van der Waals surface area contributed by atoms with Crippen molar-refractivity contribution in [2.45, 2.75) is 52.7 Å². The summed E-state index contributed by atoms with van der Waals surface area (Å²) >= 11 is 0. The van der Waals surface area contributed by atoms with E-state index >= 15 is 0 Å². The molecule has 1 fully saturated rings. The fourth-order valence-electron chi connectivity index (χ4n) is 2.36. The van der Waals surface area contributed by atoms with Gasteiger partial charge in [-0.15, -0.1) is 0 Å². The van der Waals surface area contributed by atoms with Crippen LogP contribution in [0.2, 0.25) is 0 Å². The Kier molecular flexibility index (Phi) is 4.24. The molecule has 1 amide bonds. The number of hydrogen-bond acceptors (Lipinski definition) is 3. The number of aliphatic carboxylic acids is 1. The second kappa shape index (κ2) is 5.16. The molecule has 1 N–H and O–H groups in total. The first-order valence-electron chi connectivity index (χ1n) is 6.36. The van der Waals surface area contributed by atoms with Crippen LogP contribution in [0.5, 0.6) is 0 Å². The molecule has 0 aromatic carbocycles. The lowest BCUT2D eigenvalue weighted by molar-refractivity contribution is -0.143. The van der Waals surface area contributed by atoms with Gasteiger partial charge < -0.3 is 9.84 Å². The molecule has 1 heterocycles. The van der Waals surface area contributed by atoms with Crippen molar-refractivity contribution in [2.75, 3.05) is 6.54 Å². The summed E-state index contributed by atoms with van der Waals surface area (Å²) in [5.74, 6) is -0.717. The number of carboxylic acid groups (broad SMARTS) is 1. The molecule has 0 aromatic rings. The van der Waals surface area contributed by atoms with Crippen LogP contribution >= 0.6 is 0 Å². The average Bonchev–Trinajstić information content (AvgIpc) is 2.58. The first-order valence-corrected chi connectivity index (χ1v) is 6.36. The van der Waals surface area contributed by atoms with E-state index in [1.165, 1.54) is 4.90 Å². The Labute approximate surface area is 108 Å². The Balaban J connectivity index is 2.83. The van der Waals surface area contributed by atoms with Crippen LogP contribution in [-0.2, 0) is 9.53 Å². The van der Waals surface area contributed by atoms with Crippen molar-refractivity contribution in [1.29, 1.82) is 0 Å². The molecule has 0 aliphatic carbocycles. The van der Waals surface area contributed by atoms with E-state index in [0.29, 0.717) is 13.0 Å². The molecule has 1 unspecified atom stereocenters. The van der Waals surface area contributed by atoms with E-state index in [-0.39, 0.29) is 11.8 Å². The normalized spacial score (nSPS) is 24.4. The molecule has 0 spiro atoms. The van der Waals surface area contributed by atoms with Crippen LogP contribution in [0, 0.1) is 11.8 Å². The van der Waals surface area contributed by atoms with Gasteiger partial charge in [0.05, 0.1) is 0 Å². The van der Waals surface area contributed by atoms with Crippen LogP contribution in [0.3, 0.4) is 0 Å². The van der Waals surface area contributed by atoms with E-state index in [9.17, 15) is 14.7 Å². The lowest BCUT2D eigenvalue weighted by Crippen LogP contribution is -2.46. The molecule has 1 aliphatic rings. The number of carbonyl (C=O) groups excluding carboxylic acids is 1. The molecular weight excluding hydrogens is 234 g/mol. The zero-order chi connectivity index (χ0) is 14.1. The number of hydrogen-bond donors (Lipinski definition) is 1. The largest absolute Gasteiger partial charge is 0.480 e. The lowest BCUT2D eigenvalue weighted by atomic mass is 9.89. The summed E-state index contributed by atoms with van der Waals surface area (Å²) in [5.41, 5.74) is -0.601. The quantitative estimate of drug-likeness (QED) is 0.824. The highest BCUT2D eigenvalue weighted by Gasteiger charge is 2.44. The molecule has 1 aliphatic heterocycles. The molecule has 18 heavy (non-hydrogen) atoms. The maximum Gasteiger partial charge on any atom is 0.411 e. The fraction of sp³-hybridized carbons (Fsp3) is 0.846. The van der Waals surface area contributed by atoms with Crippen LogP contribution in [0.15, 0.2) is 0 Å². The van der Waals surface area contributed by atoms with Crippen LogP contribution in [-0.4, -0.2) is 40.3 Å². The molecular formula is C13H23NO4. The molecule has 0 radical (unpaired) electrons. The first kappa shape index (κ1) is 14.8. The number of carbonyl (C=O) groups is 2. The van der Waals surface area contributed by atoms with E-state index in [4.69, 9.17) is 4.74 Å². The van der Waals surface area contributed by atoms with Gasteiger partial charge in [0, 0.05) is 6.54 Å². The van der Waals surface area contributed by atoms with Gasteiger partial charge in [0.1, 0.15) is 11.6 Å². The Morgan fingerprint density at radius 2 is 1.89 bits per heavy atom. The summed E-state index contributed by atoms with van der Waals surface area (Å²) in [6.07, 6.45) is 0.187. The fourth-order valence-corrected chi connectivity index (χ4v) is 2.36. The minimum atomic E-state index is -0.947. The molecule has 5 heteroatoms. The van der Waals surface area contributed by atoms with Crippen LogP contribution in [0.1, 0.15) is 41.0 Å². The molecule has 2 atom stereocenters. The van der Waals surface area contributed by atoms with Gasteiger partial charge in [0.15, 0.2) is 0 Å². The lowest BCUT2D eigenvalue weighted by Gasteiger charge is -2.29. The van der Waals surface area contributed by atoms with Gasteiger partial charge in [-0.2, -0.15) is 0 Å². The van der Waals surface area contributed by atoms with Crippen molar-refractivity contribution in [3.63, 3.8) is 0 Å². The van der Waals surface area contributed by atoms with Gasteiger partial charge in [-0.1, -0.05) is 13.8 Å². The van der Waals surface area contributed by atoms with Crippen molar-refractivity contribution in [3.05, 3.63) is 0 Å². The van der Waals surface area contributed by atoms with Crippen molar-refractivity contribution < 1.29 is 19.4 Å². The predicted octanol–water partition coefficient (Wildman–Crippen LogP) is 2.35. The maximum atomic E-state index is 12.0. The Morgan fingerprint density at radius 1 is 1.33 bits per heavy atom. The molecule has 0 bridgehead atoms. The topological polar surface area (TPSA) is 66.8 Å². The van der Waals surface area contributed by atoms with Crippen molar-refractivity contribution in [1.82, 2.24) is 4.90 Å². The minimum absolute atomic E-state index is 0.00461. The maximum absolute atomic E-state index is 12.0. The van der Waals surface area contributed by atoms with Gasteiger partial charge >= 0.3 is 12.1 Å². The zero-order valence-corrected chi connectivity index (χ0v) is 11.8. The highest BCUT2D eigenvalue weighted by atomic mass is 16.6. The van der Waals surface area contributed by atoms with Crippen LogP contribution < -0.4 is 0 Å². The van der Waals surface area contributed by atoms with Gasteiger partial charge in [-0.25, -0.2) is 9.59 Å². The Bertz CT molecular complexity index is 332. The van der Waals surface area contributed by atoms with E-state index in [0.717, 1.165) is 0 Å². The third-order valence-corrected chi connectivity index (χ3v) is 3.18. The summed E-state index contributed by atoms with van der Waals surface area (Å²) in [6.45, 7) is 9.75. The van der Waals surface area contributed by atoms with Crippen molar-refractivity contribution in [3.8, 4) is 0 Å². The summed E-state index contributed by atoms with van der Waals surface area (Å²) in [4.78, 5) is 24.7. The monoisotopic (exact) mass is 257 g/mol. The Hall–Kier alpha value is -1.26. The first-order chi connectivity index (χ1) is 8.13. The molecule has 0 saturated carbocycles. The summed E-state index contributed by atoms with van der Waals surface area (Å²) in [5, 5.41) is 9.30. The van der Waals surface area contributed by atoms with Crippen molar-refractivity contribution in [2.24, 2.45) is 11.8 Å². The second-order valence-corrected chi connectivity index (χ2v) is 6.15. The van der Waals surface area contributed by atoms with Crippen LogP contribution in [0.4, 0.5) is 4.79 Å². The summed E-state index contributed by atoms with van der Waals surface area (Å²) in [7, 11) is 0. The third-order valence-electron chi connectivity index (χ3n) is 3.18. The highest BCUT2D eigenvalue weighted by molar-refractivity contribution is 5.81. The van der Waals surface area contributed by atoms with Gasteiger partial charge in [-0.05, 0) is 39.0 Å². The third kappa shape index (κ3) is 3.37. The van der Waals surface area contributed by atoms with E-state index in [1.807, 2.05) is 13.8 Å². The van der Waals surface area contributed by atoms with Gasteiger partial charge in [-0.3, -0.25) is 4.90 Å². The molecule has 1 saturated heterocycles. The second-order valence-electron chi connectivity index (χ2n) is 6.15. The van der Waals surface area contributed by atoms with Crippen molar-refractivity contribution >= 4 is 12.1 Å². The number of ether oxygens (including phenoxy) is 1. The molecule has 0 aromatic heterocycles. The number of rotatable bonds is 2. The SMILES string of the molecule is CC(C)C1CCN(C(=O)OC(C)(C)C)[C@@H]1C(=O)O. The average molecular weight is 257 g/mol. The Morgan fingerprint density at radius 3 is 2.28 bits per heavy atom. The molecule has 104 valence electrons. The summed E-state index contributed by atoms with van der Waals surface area (Å²) in [6, 6.07) is -0.764. The molecule has 1 rings (SSSR count). The number of amides is 1. The van der Waals surface area contributed by atoms with E-state index in [2.05, 4.69) is 0 Å². The predicted molar refractivity (Wildman–Crippen MR) is 67.3 cm³/mol. The smallest absolute Gasteiger partial charge is 0.411 e. The molecule has 5 nitrogen and oxygen atoms in total. The number of likely N-dealkylation sites (tertiary alicyclic amines) is 1. The zero-order valence-electron chi connectivity index (χ0n) is 11.8. The number of nitrogens with zero attached hydrogens (tertiary/aromatic N) is 1. The number of carboxylic acids is 1. The highest BCUT2D eigenvalue weighted by Crippen LogP contribution is 2.31. The minimum Gasteiger partial charge on any atom is -0.480 e. The van der Waals surface area contributed by atoms with E-state index in [1.54, 1.807) is 20.8 Å². The summed E-state index contributed by atoms with van der Waals surface area (Å²) < 4.78 is 5.25.